The third kappa shape index (κ3) is 39.3. The lowest BCUT2D eigenvalue weighted by atomic mass is 10.0. The monoisotopic (exact) mass is 774 g/mol. The number of aliphatic hydroxyl groups excluding tert-OH is 1. The van der Waals surface area contributed by atoms with Crippen LogP contribution in [0.5, 0.6) is 0 Å². The molecule has 0 saturated heterocycles. The smallest absolute Gasteiger partial charge is 0.387 e. The number of phosphoric ester groups is 1. The Labute approximate surface area is 329 Å². The average Bonchev–Trinajstić information content (AvgIpc) is 3.10. The van der Waals surface area contributed by atoms with Crippen LogP contribution < -0.4 is 5.32 Å². The number of quaternary nitrogens is 1. The molecule has 0 aliphatic rings. The number of nitrogens with one attached hydrogen (secondary N) is 1. The predicted octanol–water partition coefficient (Wildman–Crippen LogP) is 12.4. The summed E-state index contributed by atoms with van der Waals surface area (Å²) in [5.41, 5.74) is 0. The lowest BCUT2D eigenvalue weighted by Gasteiger charge is -2.25. The number of likely N-dealkylation sites (N-methyl/N-ethyl adjacent to an activating group) is 1. The summed E-state index contributed by atoms with van der Waals surface area (Å²) in [4.78, 5) is 23.1. The number of rotatable bonds is 41. The van der Waals surface area contributed by atoms with Gasteiger partial charge in [-0.1, -0.05) is 199 Å². The van der Waals surface area contributed by atoms with Crippen molar-refractivity contribution in [2.24, 2.45) is 0 Å². The van der Waals surface area contributed by atoms with Crippen LogP contribution in [-0.4, -0.2) is 73.4 Å². The molecular formula is C44H90N2O6P+. The predicted molar refractivity (Wildman–Crippen MR) is 226 cm³/mol. The van der Waals surface area contributed by atoms with Crippen molar-refractivity contribution in [3.63, 3.8) is 0 Å². The topological polar surface area (TPSA) is 105 Å². The minimum atomic E-state index is -4.33. The Bertz CT molecular complexity index is 880. The molecule has 53 heavy (non-hydrogen) atoms. The second kappa shape index (κ2) is 36.9. The Hall–Kier alpha value is -0.760. The van der Waals surface area contributed by atoms with Crippen molar-refractivity contribution in [1.29, 1.82) is 0 Å². The fraction of sp³-hybridized carbons (Fsp3) is 0.932. The molecule has 8 nitrogen and oxygen atoms in total. The second-order valence-corrected chi connectivity index (χ2v) is 18.2. The highest BCUT2D eigenvalue weighted by Gasteiger charge is 2.27. The van der Waals surface area contributed by atoms with Gasteiger partial charge in [0.25, 0.3) is 0 Å². The maximum Gasteiger partial charge on any atom is 0.472 e. The molecule has 1 amide bonds. The molecule has 316 valence electrons. The zero-order valence-corrected chi connectivity index (χ0v) is 36.7. The minimum absolute atomic E-state index is 0.0646. The summed E-state index contributed by atoms with van der Waals surface area (Å²) in [5.74, 6) is -0.174. The second-order valence-electron chi connectivity index (χ2n) is 16.8. The van der Waals surface area contributed by atoms with Gasteiger partial charge in [-0.3, -0.25) is 13.8 Å². The maximum absolute atomic E-state index is 12.9. The van der Waals surface area contributed by atoms with Crippen LogP contribution in [0.15, 0.2) is 12.2 Å². The van der Waals surface area contributed by atoms with Gasteiger partial charge in [-0.05, 0) is 19.3 Å². The number of hydrogen-bond acceptors (Lipinski definition) is 5. The average molecular weight is 774 g/mol. The Morgan fingerprint density at radius 1 is 0.623 bits per heavy atom. The first-order chi connectivity index (χ1) is 25.5. The standard InChI is InChI=1S/C44H89N2O6P/c1-6-8-10-12-14-16-18-20-22-23-24-26-28-30-32-34-36-38-44(48)45-42(41-52-53(49,50)51-40-39-46(3,4)5)43(47)37-35-33-31-29-27-25-21-19-17-15-13-11-9-7-2/h35,37,42-43,47H,6-34,36,38-41H2,1-5H3,(H-,45,48,49,50)/p+1/b37-35+/t42-,43+/m0/s1. The van der Waals surface area contributed by atoms with Crippen LogP contribution in [0.25, 0.3) is 0 Å². The van der Waals surface area contributed by atoms with E-state index in [0.717, 1.165) is 38.5 Å². The largest absolute Gasteiger partial charge is 0.472 e. The van der Waals surface area contributed by atoms with Gasteiger partial charge >= 0.3 is 7.82 Å². The number of nitrogens with zero attached hydrogens (tertiary/aromatic N) is 1. The summed E-state index contributed by atoms with van der Waals surface area (Å²) >= 11 is 0. The summed E-state index contributed by atoms with van der Waals surface area (Å²) in [6.45, 7) is 4.83. The Morgan fingerprint density at radius 3 is 1.40 bits per heavy atom. The number of amides is 1. The van der Waals surface area contributed by atoms with E-state index in [9.17, 15) is 19.4 Å². The van der Waals surface area contributed by atoms with Crippen LogP contribution in [0.2, 0.25) is 0 Å². The van der Waals surface area contributed by atoms with Crippen LogP contribution in [-0.2, 0) is 18.4 Å². The summed E-state index contributed by atoms with van der Waals surface area (Å²) in [6, 6.07) is -0.839. The van der Waals surface area contributed by atoms with Crippen LogP contribution in [0.1, 0.15) is 213 Å². The number of carbonyl (C=O) groups excluding carboxylic acids is 1. The molecule has 0 aromatic carbocycles. The van der Waals surface area contributed by atoms with Crippen molar-refractivity contribution < 1.29 is 32.9 Å². The van der Waals surface area contributed by atoms with E-state index in [1.807, 2.05) is 27.2 Å². The molecule has 3 N–H and O–H groups in total. The number of allylic oxidation sites excluding steroid dienone is 1. The molecule has 0 saturated carbocycles. The lowest BCUT2D eigenvalue weighted by Crippen LogP contribution is -2.45. The summed E-state index contributed by atoms with van der Waals surface area (Å²) < 4.78 is 23.6. The summed E-state index contributed by atoms with van der Waals surface area (Å²) in [6.07, 6.45) is 41.3. The van der Waals surface area contributed by atoms with Crippen molar-refractivity contribution in [2.75, 3.05) is 40.9 Å². The highest BCUT2D eigenvalue weighted by Crippen LogP contribution is 2.43. The molecule has 0 fully saturated rings. The fourth-order valence-electron chi connectivity index (χ4n) is 6.63. The number of aliphatic hydroxyl groups is 1. The first kappa shape index (κ1) is 52.2. The van der Waals surface area contributed by atoms with E-state index in [1.54, 1.807) is 6.08 Å². The lowest BCUT2D eigenvalue weighted by molar-refractivity contribution is -0.870. The molecule has 9 heteroatoms. The van der Waals surface area contributed by atoms with E-state index in [1.165, 1.54) is 154 Å². The van der Waals surface area contributed by atoms with Crippen molar-refractivity contribution in [1.82, 2.24) is 5.32 Å². The molecule has 1 unspecified atom stereocenters. The van der Waals surface area contributed by atoms with Crippen LogP contribution in [0, 0.1) is 0 Å². The van der Waals surface area contributed by atoms with Crippen molar-refractivity contribution in [2.45, 2.75) is 225 Å². The number of hydrogen-bond donors (Lipinski definition) is 3. The number of unbranched alkanes of at least 4 members (excludes halogenated alkanes) is 28. The van der Waals surface area contributed by atoms with E-state index >= 15 is 0 Å². The third-order valence-corrected chi connectivity index (χ3v) is 11.2. The zero-order valence-electron chi connectivity index (χ0n) is 35.8. The quantitative estimate of drug-likeness (QED) is 0.0247. The Kier molecular flexibility index (Phi) is 36.3. The van der Waals surface area contributed by atoms with Gasteiger partial charge in [-0.15, -0.1) is 0 Å². The van der Waals surface area contributed by atoms with E-state index < -0.39 is 20.0 Å². The van der Waals surface area contributed by atoms with Crippen LogP contribution in [0.4, 0.5) is 0 Å². The fourth-order valence-corrected chi connectivity index (χ4v) is 7.37. The highest BCUT2D eigenvalue weighted by atomic mass is 31.2. The van der Waals surface area contributed by atoms with E-state index in [4.69, 9.17) is 9.05 Å². The molecule has 0 aromatic rings. The molecule has 3 atom stereocenters. The highest BCUT2D eigenvalue weighted by molar-refractivity contribution is 7.47. The molecule has 0 rings (SSSR count). The van der Waals surface area contributed by atoms with E-state index in [-0.39, 0.29) is 19.1 Å². The molecule has 0 radical (unpaired) electrons. The molecule has 0 bridgehead atoms. The molecular weight excluding hydrogens is 683 g/mol. The van der Waals surface area contributed by atoms with Crippen LogP contribution in [0.3, 0.4) is 0 Å². The Balaban J connectivity index is 4.38. The van der Waals surface area contributed by atoms with Crippen molar-refractivity contribution in [3.05, 3.63) is 12.2 Å². The normalized spacial score (nSPS) is 14.5. The van der Waals surface area contributed by atoms with Gasteiger partial charge in [0.2, 0.25) is 5.91 Å². The first-order valence-corrected chi connectivity index (χ1v) is 24.1. The van der Waals surface area contributed by atoms with E-state index in [2.05, 4.69) is 19.2 Å². The molecule has 0 heterocycles. The SMILES string of the molecule is CCCCCCCCCCCCCC/C=C/[C@@H](O)[C@H](COP(=O)(O)OCC[N+](C)(C)C)NC(=O)CCCCCCCCCCCCCCCCCCC. The van der Waals surface area contributed by atoms with Crippen molar-refractivity contribution in [3.8, 4) is 0 Å². The maximum atomic E-state index is 12.9. The van der Waals surface area contributed by atoms with Gasteiger partial charge in [-0.25, -0.2) is 4.57 Å². The zero-order chi connectivity index (χ0) is 39.3. The molecule has 0 aliphatic carbocycles. The number of phosphoric acid groups is 1. The molecule has 0 spiro atoms. The number of carbonyl (C=O) groups is 1. The van der Waals surface area contributed by atoms with E-state index in [0.29, 0.717) is 17.4 Å². The molecule has 0 aromatic heterocycles. The van der Waals surface area contributed by atoms with Gasteiger partial charge in [0.1, 0.15) is 13.2 Å². The first-order valence-electron chi connectivity index (χ1n) is 22.6. The van der Waals surface area contributed by atoms with Crippen molar-refractivity contribution >= 4 is 13.7 Å². The van der Waals surface area contributed by atoms with Gasteiger partial charge < -0.3 is 19.8 Å². The summed E-state index contributed by atoms with van der Waals surface area (Å²) in [5, 5.41) is 13.8. The van der Waals surface area contributed by atoms with Gasteiger partial charge in [0, 0.05) is 6.42 Å². The Morgan fingerprint density at radius 2 is 1.00 bits per heavy atom. The van der Waals surface area contributed by atoms with Gasteiger partial charge in [0.05, 0.1) is 39.9 Å². The molecule has 0 aliphatic heterocycles. The van der Waals surface area contributed by atoms with Gasteiger partial charge in [-0.2, -0.15) is 0 Å². The summed E-state index contributed by atoms with van der Waals surface area (Å²) in [7, 11) is 1.58. The minimum Gasteiger partial charge on any atom is -0.387 e. The van der Waals surface area contributed by atoms with Crippen LogP contribution >= 0.6 is 7.82 Å². The van der Waals surface area contributed by atoms with Gasteiger partial charge in [0.15, 0.2) is 0 Å². The third-order valence-electron chi connectivity index (χ3n) is 10.3.